The van der Waals surface area contributed by atoms with Crippen LogP contribution in [0.2, 0.25) is 0 Å². The summed E-state index contributed by atoms with van der Waals surface area (Å²) in [5, 5.41) is 2.84. The molecule has 2 N–H and O–H groups in total. The van der Waals surface area contributed by atoms with Crippen LogP contribution in [0.15, 0.2) is 60.7 Å². The van der Waals surface area contributed by atoms with E-state index in [4.69, 9.17) is 11.2 Å². The van der Waals surface area contributed by atoms with Crippen molar-refractivity contribution in [2.45, 2.75) is 44.9 Å². The van der Waals surface area contributed by atoms with Crippen LogP contribution in [0.5, 0.6) is 0 Å². The Kier molecular flexibility index (Phi) is 8.04. The molecule has 0 aliphatic carbocycles. The Balaban J connectivity index is 2.46. The zero-order chi connectivity index (χ0) is 22.2. The van der Waals surface area contributed by atoms with Gasteiger partial charge in [0.2, 0.25) is 10.0 Å². The number of hydrogen-bond donors (Lipinski definition) is 2. The van der Waals surface area contributed by atoms with Crippen molar-refractivity contribution < 1.29 is 17.9 Å². The molecule has 0 heterocycles. The van der Waals surface area contributed by atoms with Crippen LogP contribution in [0, 0.1) is 12.3 Å². The van der Waals surface area contributed by atoms with Crippen molar-refractivity contribution in [3.8, 4) is 12.3 Å². The van der Waals surface area contributed by atoms with Gasteiger partial charge in [-0.3, -0.25) is 0 Å². The third-order valence-corrected chi connectivity index (χ3v) is 5.50. The monoisotopic (exact) mass is 428 g/mol. The van der Waals surface area contributed by atoms with E-state index in [9.17, 15) is 13.2 Å². The van der Waals surface area contributed by atoms with Crippen LogP contribution in [0.1, 0.15) is 50.4 Å². The van der Waals surface area contributed by atoms with Gasteiger partial charge in [-0.15, -0.1) is 12.3 Å². The Morgan fingerprint density at radius 1 is 1.00 bits per heavy atom. The summed E-state index contributed by atoms with van der Waals surface area (Å²) in [4.78, 5) is 12.6. The first-order valence-electron chi connectivity index (χ1n) is 9.64. The first-order valence-corrected chi connectivity index (χ1v) is 11.3. The van der Waals surface area contributed by atoms with E-state index in [2.05, 4.69) is 16.0 Å². The molecule has 2 aromatic carbocycles. The number of rotatable bonds is 8. The van der Waals surface area contributed by atoms with Gasteiger partial charge in [-0.25, -0.2) is 17.9 Å². The summed E-state index contributed by atoms with van der Waals surface area (Å²) in [7, 11) is -3.70. The smallest absolute Gasteiger partial charge is 0.408 e. The van der Waals surface area contributed by atoms with Crippen LogP contribution in [0.3, 0.4) is 0 Å². The summed E-state index contributed by atoms with van der Waals surface area (Å²) in [6, 6.07) is 16.8. The number of carbonyl (C=O) groups is 1. The van der Waals surface area contributed by atoms with Gasteiger partial charge in [-0.1, -0.05) is 60.7 Å². The molecule has 0 spiro atoms. The molecule has 0 aliphatic rings. The third-order valence-electron chi connectivity index (χ3n) is 4.14. The van der Waals surface area contributed by atoms with Crippen LogP contribution < -0.4 is 10.0 Å². The molecule has 0 fully saturated rings. The second kappa shape index (κ2) is 10.3. The number of hydrogen-bond acceptors (Lipinski definition) is 4. The van der Waals surface area contributed by atoms with Gasteiger partial charge in [0.1, 0.15) is 5.60 Å². The lowest BCUT2D eigenvalue weighted by molar-refractivity contribution is 0.0493. The maximum atomic E-state index is 12.7. The molecule has 0 saturated carbocycles. The second-order valence-electron chi connectivity index (χ2n) is 7.81. The largest absolute Gasteiger partial charge is 0.444 e. The Labute approximate surface area is 179 Å². The van der Waals surface area contributed by atoms with Gasteiger partial charge < -0.3 is 10.1 Å². The fraction of sp³-hybridized carbons (Fsp3) is 0.348. The van der Waals surface area contributed by atoms with Gasteiger partial charge in [-0.05, 0) is 31.9 Å². The summed E-state index contributed by atoms with van der Waals surface area (Å²) in [6.45, 7) is 5.30. The van der Waals surface area contributed by atoms with Crippen molar-refractivity contribution in [3.63, 3.8) is 0 Å². The number of amides is 1. The van der Waals surface area contributed by atoms with E-state index in [1.165, 1.54) is 0 Å². The number of benzene rings is 2. The molecule has 2 aromatic rings. The Hall–Kier alpha value is -2.82. The maximum Gasteiger partial charge on any atom is 0.408 e. The zero-order valence-corrected chi connectivity index (χ0v) is 18.3. The highest BCUT2D eigenvalue weighted by Gasteiger charge is 2.31. The molecule has 0 bridgehead atoms. The molecule has 2 atom stereocenters. The van der Waals surface area contributed by atoms with E-state index in [1.54, 1.807) is 32.9 Å². The van der Waals surface area contributed by atoms with E-state index in [0.717, 1.165) is 5.56 Å². The Morgan fingerprint density at radius 3 is 1.97 bits per heavy atom. The highest BCUT2D eigenvalue weighted by Crippen LogP contribution is 2.30. The van der Waals surface area contributed by atoms with E-state index in [1.807, 2.05) is 48.5 Å². The number of sulfonamides is 1. The molecule has 7 heteroatoms. The lowest BCUT2D eigenvalue weighted by Crippen LogP contribution is -2.43. The predicted molar refractivity (Wildman–Crippen MR) is 118 cm³/mol. The third kappa shape index (κ3) is 7.54. The van der Waals surface area contributed by atoms with E-state index in [0.29, 0.717) is 5.56 Å². The Bertz CT molecular complexity index is 962. The zero-order valence-electron chi connectivity index (χ0n) is 17.5. The SMILES string of the molecule is C#CCCS(=O)(=O)N[C@H](c1ccccc1)[C@H](NC(=O)OC(C)(C)C)c1ccccc1. The summed E-state index contributed by atoms with van der Waals surface area (Å²) < 4.78 is 33.5. The van der Waals surface area contributed by atoms with Gasteiger partial charge in [0.15, 0.2) is 0 Å². The summed E-state index contributed by atoms with van der Waals surface area (Å²) in [5.74, 6) is 2.14. The van der Waals surface area contributed by atoms with Crippen LogP contribution in [0.4, 0.5) is 4.79 Å². The summed E-state index contributed by atoms with van der Waals surface area (Å²) in [5.41, 5.74) is 0.739. The fourth-order valence-electron chi connectivity index (χ4n) is 2.89. The molecule has 1 amide bonds. The van der Waals surface area contributed by atoms with Crippen molar-refractivity contribution in [2.24, 2.45) is 0 Å². The first kappa shape index (κ1) is 23.5. The van der Waals surface area contributed by atoms with Crippen LogP contribution in [-0.4, -0.2) is 25.9 Å². The minimum atomic E-state index is -3.70. The molecule has 0 radical (unpaired) electrons. The van der Waals surface area contributed by atoms with Crippen molar-refractivity contribution in [1.82, 2.24) is 10.0 Å². The molecule has 0 saturated heterocycles. The minimum Gasteiger partial charge on any atom is -0.444 e. The van der Waals surface area contributed by atoms with Gasteiger partial charge in [0, 0.05) is 6.42 Å². The van der Waals surface area contributed by atoms with Crippen molar-refractivity contribution in [2.75, 3.05) is 5.75 Å². The first-order chi connectivity index (χ1) is 14.1. The van der Waals surface area contributed by atoms with Crippen LogP contribution in [0.25, 0.3) is 0 Å². The number of carbonyl (C=O) groups excluding carboxylic acids is 1. The van der Waals surface area contributed by atoms with E-state index >= 15 is 0 Å². The number of alkyl carbamates (subject to hydrolysis) is 1. The predicted octanol–water partition coefficient (Wildman–Crippen LogP) is 3.94. The van der Waals surface area contributed by atoms with Crippen LogP contribution >= 0.6 is 0 Å². The highest BCUT2D eigenvalue weighted by molar-refractivity contribution is 7.89. The highest BCUT2D eigenvalue weighted by atomic mass is 32.2. The number of nitrogens with one attached hydrogen (secondary N) is 2. The minimum absolute atomic E-state index is 0.0896. The molecule has 0 aliphatic heterocycles. The number of ether oxygens (including phenoxy) is 1. The molecule has 2 rings (SSSR count). The number of terminal acetylenes is 1. The quantitative estimate of drug-likeness (QED) is 0.624. The van der Waals surface area contributed by atoms with Crippen molar-refractivity contribution in [3.05, 3.63) is 71.8 Å². The molecular formula is C23H28N2O4S. The molecule has 6 nitrogen and oxygen atoms in total. The average molecular weight is 429 g/mol. The lowest BCUT2D eigenvalue weighted by Gasteiger charge is -2.30. The molecule has 0 unspecified atom stereocenters. The van der Waals surface area contributed by atoms with Crippen LogP contribution in [-0.2, 0) is 14.8 Å². The van der Waals surface area contributed by atoms with Gasteiger partial charge >= 0.3 is 6.09 Å². The second-order valence-corrected chi connectivity index (χ2v) is 9.69. The van der Waals surface area contributed by atoms with E-state index < -0.39 is 33.8 Å². The van der Waals surface area contributed by atoms with Gasteiger partial charge in [0.25, 0.3) is 0 Å². The van der Waals surface area contributed by atoms with Gasteiger partial charge in [0.05, 0.1) is 17.8 Å². The maximum absolute atomic E-state index is 12.7. The topological polar surface area (TPSA) is 84.5 Å². The average Bonchev–Trinajstić information content (AvgIpc) is 2.69. The summed E-state index contributed by atoms with van der Waals surface area (Å²) in [6.07, 6.45) is 4.69. The molecule has 160 valence electrons. The molecule has 30 heavy (non-hydrogen) atoms. The molecule has 0 aromatic heterocycles. The standard InChI is InChI=1S/C23H28N2O4S/c1-5-6-17-30(27,28)25-21(19-15-11-8-12-16-19)20(18-13-9-7-10-14-18)24-22(26)29-23(2,3)4/h1,7-16,20-21,25H,6,17H2,2-4H3,(H,24,26)/t20-,21-/m1/s1. The Morgan fingerprint density at radius 2 is 1.50 bits per heavy atom. The van der Waals surface area contributed by atoms with Crippen molar-refractivity contribution in [1.29, 1.82) is 0 Å². The fourth-order valence-corrected chi connectivity index (χ4v) is 4.05. The van der Waals surface area contributed by atoms with Crippen molar-refractivity contribution >= 4 is 16.1 Å². The van der Waals surface area contributed by atoms with Gasteiger partial charge in [-0.2, -0.15) is 0 Å². The molecular weight excluding hydrogens is 400 g/mol. The lowest BCUT2D eigenvalue weighted by atomic mass is 9.94. The van der Waals surface area contributed by atoms with E-state index in [-0.39, 0.29) is 12.2 Å². The summed E-state index contributed by atoms with van der Waals surface area (Å²) >= 11 is 0. The normalized spacial score (nSPS) is 13.7.